The summed E-state index contributed by atoms with van der Waals surface area (Å²) < 4.78 is 14.3. The summed E-state index contributed by atoms with van der Waals surface area (Å²) in [5.74, 6) is -0.450. The van der Waals surface area contributed by atoms with E-state index in [9.17, 15) is 5.11 Å². The SMILES string of the molecule is CCCn1ncc(Br)c1C1(O)CCC2(CC1)OCCO2. The van der Waals surface area contributed by atoms with Gasteiger partial charge in [-0.3, -0.25) is 4.68 Å². The van der Waals surface area contributed by atoms with Gasteiger partial charge in [-0.05, 0) is 35.2 Å². The van der Waals surface area contributed by atoms with E-state index >= 15 is 0 Å². The van der Waals surface area contributed by atoms with E-state index in [1.165, 1.54) is 0 Å². The molecular formula is C14H21BrN2O3. The highest BCUT2D eigenvalue weighted by Gasteiger charge is 2.48. The van der Waals surface area contributed by atoms with Gasteiger partial charge in [0.1, 0.15) is 5.60 Å². The minimum Gasteiger partial charge on any atom is -0.384 e. The molecule has 2 fully saturated rings. The second kappa shape index (κ2) is 5.40. The maximum absolute atomic E-state index is 11.1. The van der Waals surface area contributed by atoms with Crippen molar-refractivity contribution in [1.29, 1.82) is 0 Å². The molecule has 0 amide bonds. The summed E-state index contributed by atoms with van der Waals surface area (Å²) in [7, 11) is 0. The monoisotopic (exact) mass is 344 g/mol. The number of hydrogen-bond donors (Lipinski definition) is 1. The van der Waals surface area contributed by atoms with Crippen LogP contribution >= 0.6 is 15.9 Å². The molecule has 1 aromatic heterocycles. The number of halogens is 1. The highest BCUT2D eigenvalue weighted by Crippen LogP contribution is 2.46. The summed E-state index contributed by atoms with van der Waals surface area (Å²) in [6.07, 6.45) is 5.51. The quantitative estimate of drug-likeness (QED) is 0.915. The van der Waals surface area contributed by atoms with Gasteiger partial charge in [-0.2, -0.15) is 5.10 Å². The smallest absolute Gasteiger partial charge is 0.168 e. The Morgan fingerprint density at radius 2 is 1.95 bits per heavy atom. The lowest BCUT2D eigenvalue weighted by Gasteiger charge is -2.40. The summed E-state index contributed by atoms with van der Waals surface area (Å²) >= 11 is 3.53. The standard InChI is InChI=1S/C14H21BrN2O3/c1-2-7-17-12(11(15)10-16-17)13(18)3-5-14(6-4-13)19-8-9-20-14/h10,18H,2-9H2,1H3. The molecule has 1 aliphatic heterocycles. The van der Waals surface area contributed by atoms with E-state index in [0.29, 0.717) is 26.1 Å². The van der Waals surface area contributed by atoms with E-state index in [2.05, 4.69) is 28.0 Å². The first-order valence-electron chi connectivity index (χ1n) is 7.31. The Kier molecular flexibility index (Phi) is 3.92. The van der Waals surface area contributed by atoms with Crippen LogP contribution in [0.3, 0.4) is 0 Å². The summed E-state index contributed by atoms with van der Waals surface area (Å²) in [5.41, 5.74) is 0.0534. The van der Waals surface area contributed by atoms with Gasteiger partial charge in [0.25, 0.3) is 0 Å². The molecule has 2 heterocycles. The lowest BCUT2D eigenvalue weighted by molar-refractivity contribution is -0.205. The van der Waals surface area contributed by atoms with Gasteiger partial charge in [0.05, 0.1) is 29.6 Å². The number of hydrogen-bond acceptors (Lipinski definition) is 4. The zero-order valence-electron chi connectivity index (χ0n) is 11.8. The first kappa shape index (κ1) is 14.5. The molecule has 0 radical (unpaired) electrons. The number of rotatable bonds is 3. The minimum absolute atomic E-state index is 0.450. The molecule has 1 aromatic rings. The summed E-state index contributed by atoms with van der Waals surface area (Å²) in [5, 5.41) is 15.4. The van der Waals surface area contributed by atoms with Crippen LogP contribution in [0.15, 0.2) is 10.7 Å². The minimum atomic E-state index is -0.842. The molecule has 1 saturated heterocycles. The van der Waals surface area contributed by atoms with E-state index in [4.69, 9.17) is 9.47 Å². The van der Waals surface area contributed by atoms with Crippen molar-refractivity contribution < 1.29 is 14.6 Å². The summed E-state index contributed by atoms with van der Waals surface area (Å²) in [4.78, 5) is 0. The van der Waals surface area contributed by atoms with Gasteiger partial charge in [-0.15, -0.1) is 0 Å². The zero-order chi connectivity index (χ0) is 14.2. The molecule has 1 saturated carbocycles. The fourth-order valence-corrected chi connectivity index (χ4v) is 3.94. The maximum Gasteiger partial charge on any atom is 0.168 e. The molecular weight excluding hydrogens is 324 g/mol. The fourth-order valence-electron chi connectivity index (χ4n) is 3.27. The van der Waals surface area contributed by atoms with Gasteiger partial charge in [0, 0.05) is 19.4 Å². The maximum atomic E-state index is 11.1. The first-order chi connectivity index (χ1) is 9.59. The number of ether oxygens (including phenoxy) is 2. The van der Waals surface area contributed by atoms with E-state index in [1.54, 1.807) is 6.20 Å². The number of nitrogens with zero attached hydrogens (tertiary/aromatic N) is 2. The van der Waals surface area contributed by atoms with Crippen molar-refractivity contribution in [1.82, 2.24) is 9.78 Å². The van der Waals surface area contributed by atoms with Gasteiger partial charge in [0.15, 0.2) is 5.79 Å². The van der Waals surface area contributed by atoms with Gasteiger partial charge in [-0.1, -0.05) is 6.92 Å². The third-order valence-electron chi connectivity index (χ3n) is 4.32. The average Bonchev–Trinajstić information content (AvgIpc) is 3.03. The molecule has 1 aliphatic carbocycles. The molecule has 3 rings (SSSR count). The molecule has 0 atom stereocenters. The van der Waals surface area contributed by atoms with Crippen LogP contribution in [0.25, 0.3) is 0 Å². The van der Waals surface area contributed by atoms with Crippen molar-refractivity contribution in [3.05, 3.63) is 16.4 Å². The van der Waals surface area contributed by atoms with Crippen LogP contribution in [-0.2, 0) is 21.6 Å². The third kappa shape index (κ3) is 2.43. The second-order valence-electron chi connectivity index (χ2n) is 5.70. The lowest BCUT2D eigenvalue weighted by Crippen LogP contribution is -2.43. The van der Waals surface area contributed by atoms with Gasteiger partial charge in [0.2, 0.25) is 0 Å². The van der Waals surface area contributed by atoms with E-state index in [1.807, 2.05) is 4.68 Å². The first-order valence-corrected chi connectivity index (χ1v) is 8.10. The van der Waals surface area contributed by atoms with Crippen LogP contribution in [0.1, 0.15) is 44.7 Å². The fraction of sp³-hybridized carbons (Fsp3) is 0.786. The van der Waals surface area contributed by atoms with Crippen LogP contribution in [-0.4, -0.2) is 33.9 Å². The number of aromatic nitrogens is 2. The van der Waals surface area contributed by atoms with Crippen molar-refractivity contribution in [2.24, 2.45) is 0 Å². The molecule has 5 nitrogen and oxygen atoms in total. The Bertz CT molecular complexity index is 473. The Balaban J connectivity index is 1.81. The van der Waals surface area contributed by atoms with Gasteiger partial charge in [-0.25, -0.2) is 0 Å². The molecule has 0 aromatic carbocycles. The van der Waals surface area contributed by atoms with Crippen molar-refractivity contribution >= 4 is 15.9 Å². The molecule has 0 unspecified atom stereocenters. The molecule has 1 N–H and O–H groups in total. The highest BCUT2D eigenvalue weighted by molar-refractivity contribution is 9.10. The largest absolute Gasteiger partial charge is 0.384 e. The van der Waals surface area contributed by atoms with Gasteiger partial charge >= 0.3 is 0 Å². The van der Waals surface area contributed by atoms with Crippen LogP contribution in [0, 0.1) is 0 Å². The molecule has 112 valence electrons. The van der Waals surface area contributed by atoms with E-state index in [0.717, 1.165) is 36.0 Å². The number of aryl methyl sites for hydroxylation is 1. The molecule has 6 heteroatoms. The number of aliphatic hydroxyl groups is 1. The van der Waals surface area contributed by atoms with E-state index < -0.39 is 11.4 Å². The van der Waals surface area contributed by atoms with Crippen molar-refractivity contribution in [2.45, 2.75) is 57.0 Å². The van der Waals surface area contributed by atoms with Crippen molar-refractivity contribution in [3.63, 3.8) is 0 Å². The molecule has 20 heavy (non-hydrogen) atoms. The normalized spacial score (nSPS) is 24.4. The zero-order valence-corrected chi connectivity index (χ0v) is 13.4. The van der Waals surface area contributed by atoms with E-state index in [-0.39, 0.29) is 0 Å². The van der Waals surface area contributed by atoms with Crippen molar-refractivity contribution in [2.75, 3.05) is 13.2 Å². The summed E-state index contributed by atoms with van der Waals surface area (Å²) in [6.45, 7) is 4.26. The second-order valence-corrected chi connectivity index (χ2v) is 6.56. The Hall–Kier alpha value is -0.430. The molecule has 1 spiro atoms. The Morgan fingerprint density at radius 3 is 2.55 bits per heavy atom. The average molecular weight is 345 g/mol. The topological polar surface area (TPSA) is 56.5 Å². The predicted octanol–water partition coefficient (Wildman–Crippen LogP) is 2.56. The highest BCUT2D eigenvalue weighted by atomic mass is 79.9. The third-order valence-corrected chi connectivity index (χ3v) is 4.90. The van der Waals surface area contributed by atoms with Crippen LogP contribution in [0.2, 0.25) is 0 Å². The van der Waals surface area contributed by atoms with Crippen LogP contribution in [0.5, 0.6) is 0 Å². The van der Waals surface area contributed by atoms with Gasteiger partial charge < -0.3 is 14.6 Å². The predicted molar refractivity (Wildman–Crippen MR) is 77.2 cm³/mol. The summed E-state index contributed by atoms with van der Waals surface area (Å²) in [6, 6.07) is 0. The lowest BCUT2D eigenvalue weighted by atomic mass is 9.79. The van der Waals surface area contributed by atoms with Crippen LogP contribution in [0.4, 0.5) is 0 Å². The Morgan fingerprint density at radius 1 is 1.30 bits per heavy atom. The molecule has 0 bridgehead atoms. The van der Waals surface area contributed by atoms with Crippen LogP contribution < -0.4 is 0 Å². The Labute approximate surface area is 127 Å². The van der Waals surface area contributed by atoms with Crippen molar-refractivity contribution in [3.8, 4) is 0 Å². The molecule has 2 aliphatic rings.